The number of benzene rings is 2. The van der Waals surface area contributed by atoms with Gasteiger partial charge >= 0.3 is 0 Å². The lowest BCUT2D eigenvalue weighted by Crippen LogP contribution is -2.14. The minimum atomic E-state index is -3.63. The van der Waals surface area contributed by atoms with Crippen LogP contribution < -0.4 is 4.72 Å². The van der Waals surface area contributed by atoms with Crippen molar-refractivity contribution in [2.24, 2.45) is 0 Å². The first kappa shape index (κ1) is 12.6. The molecule has 3 nitrogen and oxygen atoms in total. The van der Waals surface area contributed by atoms with Crippen LogP contribution in [0.3, 0.4) is 0 Å². The van der Waals surface area contributed by atoms with Crippen LogP contribution in [0.25, 0.3) is 0 Å². The number of nitrogens with one attached hydrogen (secondary N) is 1. The Hall–Kier alpha value is -1.88. The largest absolute Gasteiger partial charge is 0.280 e. The molecule has 2 aromatic carbocycles. The first-order valence-electron chi connectivity index (χ1n) is 5.33. The van der Waals surface area contributed by atoms with Crippen molar-refractivity contribution in [3.63, 3.8) is 0 Å². The van der Waals surface area contributed by atoms with Crippen LogP contribution in [0.5, 0.6) is 0 Å². The van der Waals surface area contributed by atoms with Gasteiger partial charge in [-0.2, -0.15) is 0 Å². The fraction of sp³-hybridized carbons (Fsp3) is 0.0769. The van der Waals surface area contributed by atoms with Crippen LogP contribution >= 0.6 is 0 Å². The topological polar surface area (TPSA) is 46.2 Å². The molecule has 0 aliphatic heterocycles. The third-order valence-corrected chi connectivity index (χ3v) is 4.02. The maximum atomic E-state index is 12.7. The number of rotatable bonds is 3. The molecular weight excluding hydrogens is 253 g/mol. The van der Waals surface area contributed by atoms with E-state index in [1.54, 1.807) is 25.1 Å². The summed E-state index contributed by atoms with van der Waals surface area (Å²) in [6, 6.07) is 11.8. The molecular formula is C13H12FNO2S. The molecule has 0 bridgehead atoms. The maximum Gasteiger partial charge on any atom is 0.262 e. The third kappa shape index (κ3) is 2.68. The van der Waals surface area contributed by atoms with Crippen molar-refractivity contribution in [1.29, 1.82) is 0 Å². The van der Waals surface area contributed by atoms with Crippen molar-refractivity contribution in [3.8, 4) is 0 Å². The predicted molar refractivity (Wildman–Crippen MR) is 68.4 cm³/mol. The summed E-state index contributed by atoms with van der Waals surface area (Å²) in [4.78, 5) is 0.217. The lowest BCUT2D eigenvalue weighted by atomic mass is 10.2. The predicted octanol–water partition coefficient (Wildman–Crippen LogP) is 2.93. The summed E-state index contributed by atoms with van der Waals surface area (Å²) in [7, 11) is -3.63. The van der Waals surface area contributed by atoms with Gasteiger partial charge in [0.2, 0.25) is 0 Å². The van der Waals surface area contributed by atoms with Gasteiger partial charge in [0.15, 0.2) is 0 Å². The van der Waals surface area contributed by atoms with Gasteiger partial charge in [0.25, 0.3) is 10.0 Å². The van der Waals surface area contributed by atoms with Gasteiger partial charge in [-0.3, -0.25) is 4.72 Å². The molecule has 0 aliphatic carbocycles. The summed E-state index contributed by atoms with van der Waals surface area (Å²) in [5.41, 5.74) is 0.992. The van der Waals surface area contributed by atoms with Crippen molar-refractivity contribution in [2.75, 3.05) is 4.72 Å². The van der Waals surface area contributed by atoms with E-state index in [0.717, 1.165) is 0 Å². The van der Waals surface area contributed by atoms with Gasteiger partial charge in [0, 0.05) is 5.69 Å². The Morgan fingerprint density at radius 2 is 1.61 bits per heavy atom. The zero-order chi connectivity index (χ0) is 13.2. The average Bonchev–Trinajstić information content (AvgIpc) is 2.32. The molecule has 0 fully saturated rings. The molecule has 0 heterocycles. The van der Waals surface area contributed by atoms with Crippen molar-refractivity contribution >= 4 is 15.7 Å². The molecule has 0 amide bonds. The fourth-order valence-corrected chi connectivity index (χ4v) is 2.89. The molecule has 0 saturated heterocycles. The van der Waals surface area contributed by atoms with Crippen LogP contribution in [0.4, 0.5) is 10.1 Å². The Labute approximate surface area is 105 Å². The Kier molecular flexibility index (Phi) is 3.34. The lowest BCUT2D eigenvalue weighted by molar-refractivity contribution is 0.600. The van der Waals surface area contributed by atoms with E-state index in [1.807, 2.05) is 0 Å². The summed E-state index contributed by atoms with van der Waals surface area (Å²) in [6.45, 7) is 1.72. The molecule has 0 aliphatic rings. The van der Waals surface area contributed by atoms with Gasteiger partial charge in [0.1, 0.15) is 5.82 Å². The number of hydrogen-bond donors (Lipinski definition) is 1. The van der Waals surface area contributed by atoms with Crippen molar-refractivity contribution < 1.29 is 12.8 Å². The normalized spacial score (nSPS) is 11.2. The molecule has 0 atom stereocenters. The van der Waals surface area contributed by atoms with E-state index in [4.69, 9.17) is 0 Å². The number of aryl methyl sites for hydroxylation is 1. The van der Waals surface area contributed by atoms with E-state index in [2.05, 4.69) is 4.72 Å². The number of halogens is 1. The van der Waals surface area contributed by atoms with E-state index >= 15 is 0 Å². The molecule has 0 saturated carbocycles. The van der Waals surface area contributed by atoms with Gasteiger partial charge < -0.3 is 0 Å². The van der Waals surface area contributed by atoms with Crippen LogP contribution in [0.15, 0.2) is 53.4 Å². The molecule has 2 aromatic rings. The number of hydrogen-bond acceptors (Lipinski definition) is 2. The molecule has 0 unspecified atom stereocenters. The molecule has 94 valence electrons. The van der Waals surface area contributed by atoms with Crippen molar-refractivity contribution in [2.45, 2.75) is 11.8 Å². The van der Waals surface area contributed by atoms with E-state index in [-0.39, 0.29) is 4.90 Å². The average molecular weight is 265 g/mol. The first-order chi connectivity index (χ1) is 8.49. The number of sulfonamides is 1. The van der Waals surface area contributed by atoms with Gasteiger partial charge in [0.05, 0.1) is 4.90 Å². The van der Waals surface area contributed by atoms with Crippen LogP contribution in [0.1, 0.15) is 5.56 Å². The van der Waals surface area contributed by atoms with Gasteiger partial charge in [-0.15, -0.1) is 0 Å². The molecule has 1 N–H and O–H groups in total. The van der Waals surface area contributed by atoms with E-state index in [1.165, 1.54) is 30.3 Å². The van der Waals surface area contributed by atoms with Gasteiger partial charge in [-0.1, -0.05) is 18.2 Å². The first-order valence-corrected chi connectivity index (χ1v) is 6.81. The van der Waals surface area contributed by atoms with E-state index in [9.17, 15) is 12.8 Å². The zero-order valence-electron chi connectivity index (χ0n) is 9.72. The molecule has 0 radical (unpaired) electrons. The summed E-state index contributed by atoms with van der Waals surface area (Å²) in [5, 5.41) is 0. The standard InChI is InChI=1S/C13H12FNO2S/c1-10-4-2-3-5-13(10)18(16,17)15-12-8-6-11(14)7-9-12/h2-9,15H,1H3. The van der Waals surface area contributed by atoms with Gasteiger partial charge in [-0.25, -0.2) is 12.8 Å². The quantitative estimate of drug-likeness (QED) is 0.927. The maximum absolute atomic E-state index is 12.7. The van der Waals surface area contributed by atoms with Crippen molar-refractivity contribution in [3.05, 3.63) is 59.9 Å². The summed E-state index contributed by atoms with van der Waals surface area (Å²) < 4.78 is 39.3. The second-order valence-corrected chi connectivity index (χ2v) is 5.53. The molecule has 5 heteroatoms. The minimum absolute atomic E-state index is 0.217. The van der Waals surface area contributed by atoms with Crippen LogP contribution in [0, 0.1) is 12.7 Å². The Morgan fingerprint density at radius 3 is 2.22 bits per heavy atom. The van der Waals surface area contributed by atoms with E-state index in [0.29, 0.717) is 11.3 Å². The highest BCUT2D eigenvalue weighted by molar-refractivity contribution is 7.92. The number of anilines is 1. The van der Waals surface area contributed by atoms with Gasteiger partial charge in [-0.05, 0) is 42.8 Å². The highest BCUT2D eigenvalue weighted by Gasteiger charge is 2.15. The summed E-state index contributed by atoms with van der Waals surface area (Å²) in [5.74, 6) is -0.408. The molecule has 18 heavy (non-hydrogen) atoms. The second-order valence-electron chi connectivity index (χ2n) is 3.88. The molecule has 0 aromatic heterocycles. The second kappa shape index (κ2) is 4.78. The minimum Gasteiger partial charge on any atom is -0.280 e. The van der Waals surface area contributed by atoms with E-state index < -0.39 is 15.8 Å². The monoisotopic (exact) mass is 265 g/mol. The van der Waals surface area contributed by atoms with Crippen molar-refractivity contribution in [1.82, 2.24) is 0 Å². The third-order valence-electron chi connectivity index (χ3n) is 2.48. The lowest BCUT2D eigenvalue weighted by Gasteiger charge is -2.09. The van der Waals surface area contributed by atoms with Crippen LogP contribution in [-0.4, -0.2) is 8.42 Å². The smallest absolute Gasteiger partial charge is 0.262 e. The van der Waals surface area contributed by atoms with Crippen LogP contribution in [0.2, 0.25) is 0 Å². The molecule has 2 rings (SSSR count). The Bertz CT molecular complexity index is 651. The SMILES string of the molecule is Cc1ccccc1S(=O)(=O)Nc1ccc(F)cc1. The fourth-order valence-electron chi connectivity index (χ4n) is 1.59. The highest BCUT2D eigenvalue weighted by Crippen LogP contribution is 2.19. The zero-order valence-corrected chi connectivity index (χ0v) is 10.5. The highest BCUT2D eigenvalue weighted by atomic mass is 32.2. The summed E-state index contributed by atoms with van der Waals surface area (Å²) in [6.07, 6.45) is 0. The Balaban J connectivity index is 2.33. The van der Waals surface area contributed by atoms with Crippen LogP contribution in [-0.2, 0) is 10.0 Å². The molecule has 0 spiro atoms. The summed E-state index contributed by atoms with van der Waals surface area (Å²) >= 11 is 0. The Morgan fingerprint density at radius 1 is 1.00 bits per heavy atom.